The van der Waals surface area contributed by atoms with Crippen molar-refractivity contribution in [2.24, 2.45) is 10.8 Å². The SMILES string of the molecule is CC(C)(C)C(=O)CC(=O)C(C)(C)C.[BiH3]. The number of ketones is 2. The summed E-state index contributed by atoms with van der Waals surface area (Å²) >= 11 is 0. The molecule has 0 saturated carbocycles. The average molecular weight is 396 g/mol. The van der Waals surface area contributed by atoms with Gasteiger partial charge in [0.2, 0.25) is 0 Å². The van der Waals surface area contributed by atoms with E-state index in [1.807, 2.05) is 41.5 Å². The van der Waals surface area contributed by atoms with Crippen LogP contribution in [-0.2, 0) is 9.59 Å². The summed E-state index contributed by atoms with van der Waals surface area (Å²) < 4.78 is 0. The Labute approximate surface area is 106 Å². The van der Waals surface area contributed by atoms with Crippen LogP contribution >= 0.6 is 0 Å². The van der Waals surface area contributed by atoms with E-state index in [1.54, 1.807) is 0 Å². The molecule has 0 bridgehead atoms. The number of rotatable bonds is 2. The molecule has 0 heterocycles. The van der Waals surface area contributed by atoms with Gasteiger partial charge >= 0.3 is 26.2 Å². The first kappa shape index (κ1) is 16.6. The van der Waals surface area contributed by atoms with Gasteiger partial charge in [-0.3, -0.25) is 9.59 Å². The van der Waals surface area contributed by atoms with E-state index >= 15 is 0 Å². The minimum atomic E-state index is -0.402. The summed E-state index contributed by atoms with van der Waals surface area (Å²) in [7, 11) is 0. The second-order valence-corrected chi connectivity index (χ2v) is 5.52. The fourth-order valence-corrected chi connectivity index (χ4v) is 0.676. The predicted octanol–water partition coefficient (Wildman–Crippen LogP) is 1.42. The van der Waals surface area contributed by atoms with Crippen LogP contribution in [0.3, 0.4) is 0 Å². The summed E-state index contributed by atoms with van der Waals surface area (Å²) in [6, 6.07) is 0. The molecular formula is C11H23BiO2. The monoisotopic (exact) mass is 396 g/mol. The zero-order valence-corrected chi connectivity index (χ0v) is 15.7. The normalized spacial score (nSPS) is 11.9. The molecule has 0 spiro atoms. The summed E-state index contributed by atoms with van der Waals surface area (Å²) in [6.07, 6.45) is 0.0625. The fourth-order valence-electron chi connectivity index (χ4n) is 0.676. The van der Waals surface area contributed by atoms with Crippen molar-refractivity contribution in [1.82, 2.24) is 0 Å². The Balaban J connectivity index is 0. The minimum absolute atomic E-state index is 0. The van der Waals surface area contributed by atoms with E-state index in [0.717, 1.165) is 0 Å². The number of hydrogen-bond donors (Lipinski definition) is 0. The van der Waals surface area contributed by atoms with Crippen molar-refractivity contribution in [2.45, 2.75) is 48.0 Å². The molecule has 0 N–H and O–H groups in total. The summed E-state index contributed by atoms with van der Waals surface area (Å²) in [5, 5.41) is 0. The molecule has 0 aliphatic rings. The Morgan fingerprint density at radius 3 is 1.14 bits per heavy atom. The molecule has 0 aromatic carbocycles. The van der Waals surface area contributed by atoms with Crippen LogP contribution in [-0.4, -0.2) is 37.8 Å². The van der Waals surface area contributed by atoms with Crippen LogP contribution in [0.25, 0.3) is 0 Å². The molecule has 0 fully saturated rings. The standard InChI is InChI=1S/C11H20O2.Bi.3H/c1-10(2,3)8(12)7-9(13)11(4,5)6;;;;/h7H2,1-6H3;;;;. The molecule has 0 rings (SSSR count). The molecule has 0 atom stereocenters. The van der Waals surface area contributed by atoms with Gasteiger partial charge in [-0.05, 0) is 0 Å². The van der Waals surface area contributed by atoms with E-state index in [-0.39, 0.29) is 44.2 Å². The van der Waals surface area contributed by atoms with Crippen LogP contribution in [0.1, 0.15) is 48.0 Å². The van der Waals surface area contributed by atoms with Gasteiger partial charge < -0.3 is 0 Å². The molecule has 0 amide bonds. The van der Waals surface area contributed by atoms with Crippen LogP contribution in [0.4, 0.5) is 0 Å². The second-order valence-electron chi connectivity index (χ2n) is 5.52. The molecule has 2 nitrogen and oxygen atoms in total. The quantitative estimate of drug-likeness (QED) is 0.523. The van der Waals surface area contributed by atoms with Gasteiger partial charge in [-0.1, -0.05) is 41.5 Å². The number of hydrogen-bond acceptors (Lipinski definition) is 2. The third-order valence-corrected chi connectivity index (χ3v) is 1.99. The van der Waals surface area contributed by atoms with E-state index in [0.29, 0.717) is 0 Å². The number of carbonyl (C=O) groups is 2. The second kappa shape index (κ2) is 5.35. The van der Waals surface area contributed by atoms with E-state index in [4.69, 9.17) is 0 Å². The zero-order valence-electron chi connectivity index (χ0n) is 10.2. The van der Waals surface area contributed by atoms with Crippen molar-refractivity contribution < 1.29 is 9.59 Å². The topological polar surface area (TPSA) is 34.1 Å². The molecule has 0 aliphatic heterocycles. The third kappa shape index (κ3) is 5.85. The molecule has 0 aliphatic carbocycles. The van der Waals surface area contributed by atoms with Crippen molar-refractivity contribution >= 4 is 37.8 Å². The maximum atomic E-state index is 11.5. The molecule has 0 aromatic heterocycles. The van der Waals surface area contributed by atoms with Gasteiger partial charge in [0.15, 0.2) is 0 Å². The van der Waals surface area contributed by atoms with Gasteiger partial charge in [0.1, 0.15) is 11.6 Å². The van der Waals surface area contributed by atoms with E-state index in [2.05, 4.69) is 0 Å². The molecule has 0 aromatic rings. The molecule has 0 radical (unpaired) electrons. The van der Waals surface area contributed by atoms with Gasteiger partial charge in [0.25, 0.3) is 0 Å². The van der Waals surface area contributed by atoms with Crippen LogP contribution in [0.15, 0.2) is 0 Å². The van der Waals surface area contributed by atoms with Crippen LogP contribution < -0.4 is 0 Å². The molecule has 0 saturated heterocycles. The Kier molecular flexibility index (Phi) is 6.36. The predicted molar refractivity (Wildman–Crippen MR) is 63.5 cm³/mol. The molecule has 84 valence electrons. The summed E-state index contributed by atoms with van der Waals surface area (Å²) in [4.78, 5) is 23.0. The number of Topliss-reactive ketones (excluding diaryl/α,β-unsaturated/α-hetero) is 2. The van der Waals surface area contributed by atoms with Crippen LogP contribution in [0, 0.1) is 10.8 Å². The summed E-state index contributed by atoms with van der Waals surface area (Å²) in [6.45, 7) is 11.0. The first-order chi connectivity index (χ1) is 5.55. The maximum absolute atomic E-state index is 11.5. The van der Waals surface area contributed by atoms with Crippen LogP contribution in [0.5, 0.6) is 0 Å². The molecular weight excluding hydrogens is 373 g/mol. The van der Waals surface area contributed by atoms with Crippen LogP contribution in [0.2, 0.25) is 0 Å². The van der Waals surface area contributed by atoms with E-state index in [1.165, 1.54) is 0 Å². The first-order valence-corrected chi connectivity index (χ1v) is 4.62. The van der Waals surface area contributed by atoms with E-state index in [9.17, 15) is 9.59 Å². The van der Waals surface area contributed by atoms with Gasteiger partial charge in [0, 0.05) is 10.8 Å². The van der Waals surface area contributed by atoms with Gasteiger partial charge in [-0.25, -0.2) is 0 Å². The molecule has 3 heteroatoms. The Morgan fingerprint density at radius 2 is 1.00 bits per heavy atom. The summed E-state index contributed by atoms with van der Waals surface area (Å²) in [5.74, 6) is 0.0415. The van der Waals surface area contributed by atoms with E-state index < -0.39 is 10.8 Å². The Morgan fingerprint density at radius 1 is 0.786 bits per heavy atom. The zero-order chi connectivity index (χ0) is 10.9. The average Bonchev–Trinajstić information content (AvgIpc) is 1.82. The van der Waals surface area contributed by atoms with Crippen molar-refractivity contribution in [1.29, 1.82) is 0 Å². The van der Waals surface area contributed by atoms with Gasteiger partial charge in [0.05, 0.1) is 6.42 Å². The van der Waals surface area contributed by atoms with Gasteiger partial charge in [-0.2, -0.15) is 0 Å². The third-order valence-electron chi connectivity index (χ3n) is 1.99. The Bertz CT molecular complexity index is 194. The van der Waals surface area contributed by atoms with Crippen molar-refractivity contribution in [3.63, 3.8) is 0 Å². The Hall–Kier alpha value is 0.223. The molecule has 0 unspecified atom stereocenters. The van der Waals surface area contributed by atoms with Crippen molar-refractivity contribution in [3.8, 4) is 0 Å². The van der Waals surface area contributed by atoms with Crippen molar-refractivity contribution in [2.75, 3.05) is 0 Å². The first-order valence-electron chi connectivity index (χ1n) is 4.62. The van der Waals surface area contributed by atoms with Crippen molar-refractivity contribution in [3.05, 3.63) is 0 Å². The number of carbonyl (C=O) groups excluding carboxylic acids is 2. The molecule has 14 heavy (non-hydrogen) atoms. The van der Waals surface area contributed by atoms with Gasteiger partial charge in [-0.15, -0.1) is 0 Å². The summed E-state index contributed by atoms with van der Waals surface area (Å²) in [5.41, 5.74) is -0.804. The fraction of sp³-hybridized carbons (Fsp3) is 0.818.